The molecule has 28 heavy (non-hydrogen) atoms. The fourth-order valence-electron chi connectivity index (χ4n) is 2.57. The van der Waals surface area contributed by atoms with Crippen LogP contribution in [0.25, 0.3) is 6.08 Å². The minimum atomic E-state index is -3.68. The Morgan fingerprint density at radius 2 is 1.43 bits per heavy atom. The Bertz CT molecular complexity index is 1060. The molecule has 0 bridgehead atoms. The number of carbonyl (C=O) groups excluding carboxylic acids is 1. The molecule has 0 unspecified atom stereocenters. The van der Waals surface area contributed by atoms with Crippen LogP contribution in [0.1, 0.15) is 5.56 Å². The van der Waals surface area contributed by atoms with E-state index in [1.807, 2.05) is 36.4 Å². The average molecular weight is 392 g/mol. The minimum absolute atomic E-state index is 0.150. The molecule has 0 saturated carbocycles. The molecule has 0 radical (unpaired) electrons. The van der Waals surface area contributed by atoms with E-state index in [0.717, 1.165) is 5.56 Å². The van der Waals surface area contributed by atoms with Crippen molar-refractivity contribution in [1.82, 2.24) is 0 Å². The molecule has 0 aromatic heterocycles. The van der Waals surface area contributed by atoms with Crippen molar-refractivity contribution in [3.63, 3.8) is 0 Å². The first-order valence-corrected chi connectivity index (χ1v) is 10.1. The Kier molecular flexibility index (Phi) is 5.91. The maximum atomic E-state index is 12.8. The van der Waals surface area contributed by atoms with Crippen LogP contribution in [-0.2, 0) is 14.8 Å². The van der Waals surface area contributed by atoms with Gasteiger partial charge in [-0.2, -0.15) is 0 Å². The molecular weight excluding hydrogens is 372 g/mol. The predicted octanol–water partition coefficient (Wildman–Crippen LogP) is 4.16. The van der Waals surface area contributed by atoms with E-state index in [2.05, 4.69) is 5.32 Å². The van der Waals surface area contributed by atoms with Crippen LogP contribution in [-0.4, -0.2) is 21.4 Å². The van der Waals surface area contributed by atoms with Crippen molar-refractivity contribution >= 4 is 33.4 Å². The highest BCUT2D eigenvalue weighted by Gasteiger charge is 2.20. The zero-order valence-electron chi connectivity index (χ0n) is 15.3. The zero-order valence-corrected chi connectivity index (χ0v) is 16.1. The number of rotatable bonds is 6. The maximum absolute atomic E-state index is 12.8. The summed E-state index contributed by atoms with van der Waals surface area (Å²) in [5.41, 5.74) is 2.01. The third-order valence-corrected chi connectivity index (χ3v) is 5.93. The molecule has 5 nitrogen and oxygen atoms in total. The molecule has 0 aliphatic heterocycles. The molecule has 3 rings (SSSR count). The Labute approximate surface area is 165 Å². The van der Waals surface area contributed by atoms with Gasteiger partial charge in [0, 0.05) is 18.8 Å². The average Bonchev–Trinajstić information content (AvgIpc) is 2.73. The van der Waals surface area contributed by atoms with Gasteiger partial charge in [0.05, 0.1) is 10.6 Å². The number of sulfonamides is 1. The van der Waals surface area contributed by atoms with E-state index < -0.39 is 10.0 Å². The fraction of sp³-hybridized carbons (Fsp3) is 0.0455. The van der Waals surface area contributed by atoms with Crippen molar-refractivity contribution in [2.24, 2.45) is 0 Å². The Hall–Kier alpha value is -3.38. The Morgan fingerprint density at radius 3 is 2.04 bits per heavy atom. The first-order valence-electron chi connectivity index (χ1n) is 8.65. The summed E-state index contributed by atoms with van der Waals surface area (Å²) in [6.07, 6.45) is 3.14. The summed E-state index contributed by atoms with van der Waals surface area (Å²) in [7, 11) is -2.17. The van der Waals surface area contributed by atoms with E-state index in [-0.39, 0.29) is 10.8 Å². The Morgan fingerprint density at radius 1 is 0.857 bits per heavy atom. The van der Waals surface area contributed by atoms with E-state index in [1.54, 1.807) is 42.5 Å². The second kappa shape index (κ2) is 8.54. The molecule has 1 N–H and O–H groups in total. The monoisotopic (exact) mass is 392 g/mol. The molecule has 1 amide bonds. The zero-order chi connectivity index (χ0) is 20.0. The molecule has 0 atom stereocenters. The van der Waals surface area contributed by atoms with Crippen molar-refractivity contribution in [2.45, 2.75) is 4.90 Å². The molecule has 6 heteroatoms. The van der Waals surface area contributed by atoms with Gasteiger partial charge in [0.15, 0.2) is 0 Å². The highest BCUT2D eigenvalue weighted by molar-refractivity contribution is 7.92. The first-order chi connectivity index (χ1) is 13.5. The summed E-state index contributed by atoms with van der Waals surface area (Å²) in [6, 6.07) is 24.4. The van der Waals surface area contributed by atoms with Crippen LogP contribution in [0.4, 0.5) is 11.4 Å². The van der Waals surface area contributed by atoms with Gasteiger partial charge in [0.25, 0.3) is 10.0 Å². The predicted molar refractivity (Wildman–Crippen MR) is 113 cm³/mol. The number of amides is 1. The molecule has 3 aromatic rings. The van der Waals surface area contributed by atoms with Crippen LogP contribution in [0.15, 0.2) is 95.9 Å². The van der Waals surface area contributed by atoms with Crippen LogP contribution in [0, 0.1) is 0 Å². The van der Waals surface area contributed by atoms with Crippen LogP contribution in [0.3, 0.4) is 0 Å². The second-order valence-electron chi connectivity index (χ2n) is 6.07. The van der Waals surface area contributed by atoms with Crippen molar-refractivity contribution in [3.8, 4) is 0 Å². The lowest BCUT2D eigenvalue weighted by atomic mass is 10.2. The van der Waals surface area contributed by atoms with Crippen molar-refractivity contribution in [1.29, 1.82) is 0 Å². The number of hydrogen-bond donors (Lipinski definition) is 1. The van der Waals surface area contributed by atoms with Gasteiger partial charge in [-0.05, 0) is 48.0 Å². The van der Waals surface area contributed by atoms with Gasteiger partial charge in [0.2, 0.25) is 5.91 Å². The summed E-state index contributed by atoms with van der Waals surface area (Å²) in [5, 5.41) is 2.72. The number of benzene rings is 3. The van der Waals surface area contributed by atoms with E-state index in [9.17, 15) is 13.2 Å². The summed E-state index contributed by atoms with van der Waals surface area (Å²) >= 11 is 0. The van der Waals surface area contributed by atoms with E-state index in [1.165, 1.54) is 29.6 Å². The third-order valence-electron chi connectivity index (χ3n) is 4.13. The molecule has 142 valence electrons. The van der Waals surface area contributed by atoms with Crippen LogP contribution in [0.2, 0.25) is 0 Å². The highest BCUT2D eigenvalue weighted by atomic mass is 32.2. The van der Waals surface area contributed by atoms with Gasteiger partial charge >= 0.3 is 0 Å². The topological polar surface area (TPSA) is 66.5 Å². The number of anilines is 2. The third kappa shape index (κ3) is 4.66. The number of nitrogens with zero attached hydrogens (tertiary/aromatic N) is 1. The smallest absolute Gasteiger partial charge is 0.264 e. The van der Waals surface area contributed by atoms with E-state index >= 15 is 0 Å². The Balaban J connectivity index is 1.69. The number of nitrogens with one attached hydrogen (secondary N) is 1. The van der Waals surface area contributed by atoms with Gasteiger partial charge in [-0.15, -0.1) is 0 Å². The summed E-state index contributed by atoms with van der Waals surface area (Å²) in [4.78, 5) is 12.2. The molecular formula is C22H20N2O3S. The number of hydrogen-bond acceptors (Lipinski definition) is 3. The molecule has 0 aliphatic rings. The van der Waals surface area contributed by atoms with Crippen molar-refractivity contribution in [3.05, 3.63) is 96.6 Å². The van der Waals surface area contributed by atoms with Gasteiger partial charge in [-0.25, -0.2) is 8.42 Å². The SMILES string of the molecule is CN(c1ccccc1)S(=O)(=O)c1ccc(NC(=O)C=Cc2ccccc2)cc1. The van der Waals surface area contributed by atoms with Crippen molar-refractivity contribution in [2.75, 3.05) is 16.7 Å². The van der Waals surface area contributed by atoms with Gasteiger partial charge in [-0.1, -0.05) is 48.5 Å². The lowest BCUT2D eigenvalue weighted by Gasteiger charge is -2.19. The molecule has 3 aromatic carbocycles. The second-order valence-corrected chi connectivity index (χ2v) is 8.03. The van der Waals surface area contributed by atoms with Crippen LogP contribution >= 0.6 is 0 Å². The fourth-order valence-corrected chi connectivity index (χ4v) is 3.76. The van der Waals surface area contributed by atoms with E-state index in [4.69, 9.17) is 0 Å². The first kappa shape index (κ1) is 19.4. The molecule has 0 heterocycles. The quantitative estimate of drug-likeness (QED) is 0.641. The molecule has 0 saturated heterocycles. The van der Waals surface area contributed by atoms with Crippen LogP contribution < -0.4 is 9.62 Å². The summed E-state index contributed by atoms with van der Waals surface area (Å²) < 4.78 is 26.7. The lowest BCUT2D eigenvalue weighted by Crippen LogP contribution is -2.26. The lowest BCUT2D eigenvalue weighted by molar-refractivity contribution is -0.111. The van der Waals surface area contributed by atoms with Crippen molar-refractivity contribution < 1.29 is 13.2 Å². The standard InChI is InChI=1S/C22H20N2O3S/c1-24(20-10-6-3-7-11-20)28(26,27)21-15-13-19(14-16-21)23-22(25)17-12-18-8-4-2-5-9-18/h2-17H,1H3,(H,23,25). The molecule has 0 fully saturated rings. The summed E-state index contributed by atoms with van der Waals surface area (Å²) in [5.74, 6) is -0.291. The van der Waals surface area contributed by atoms with Gasteiger partial charge in [0.1, 0.15) is 0 Å². The summed E-state index contributed by atoms with van der Waals surface area (Å²) in [6.45, 7) is 0. The highest BCUT2D eigenvalue weighted by Crippen LogP contribution is 2.22. The van der Waals surface area contributed by atoms with Crippen LogP contribution in [0.5, 0.6) is 0 Å². The minimum Gasteiger partial charge on any atom is -0.323 e. The van der Waals surface area contributed by atoms with E-state index in [0.29, 0.717) is 11.4 Å². The van der Waals surface area contributed by atoms with Gasteiger partial charge < -0.3 is 5.32 Å². The number of carbonyl (C=O) groups is 1. The maximum Gasteiger partial charge on any atom is 0.264 e. The van der Waals surface area contributed by atoms with Gasteiger partial charge in [-0.3, -0.25) is 9.10 Å². The number of para-hydroxylation sites is 1. The molecule has 0 spiro atoms. The largest absolute Gasteiger partial charge is 0.323 e. The molecule has 0 aliphatic carbocycles. The normalized spacial score (nSPS) is 11.3.